The molecule has 2 aromatic carbocycles. The molecule has 0 saturated carbocycles. The fraction of sp³-hybridized carbons (Fsp3) is 0.125. The molecule has 2 N–H and O–H groups in total. The quantitative estimate of drug-likeness (QED) is 0.721. The lowest BCUT2D eigenvalue weighted by Gasteiger charge is -2.26. The van der Waals surface area contributed by atoms with Gasteiger partial charge in [-0.05, 0) is 47.0 Å². The molecule has 0 fully saturated rings. The fourth-order valence-corrected chi connectivity index (χ4v) is 3.59. The molecule has 3 rings (SSSR count). The molecule has 1 nitrogen and oxygen atoms in total. The number of benzene rings is 2. The Morgan fingerprint density at radius 1 is 1.11 bits per heavy atom. The van der Waals surface area contributed by atoms with E-state index in [4.69, 9.17) is 17.3 Å². The average molecular weight is 288 g/mol. The van der Waals surface area contributed by atoms with Crippen molar-refractivity contribution < 1.29 is 0 Å². The number of hydrogen-bond acceptors (Lipinski definition) is 2. The molecule has 19 heavy (non-hydrogen) atoms. The van der Waals surface area contributed by atoms with Crippen LogP contribution in [0.2, 0.25) is 5.02 Å². The van der Waals surface area contributed by atoms with Gasteiger partial charge in [-0.25, -0.2) is 0 Å². The van der Waals surface area contributed by atoms with Crippen molar-refractivity contribution in [3.63, 3.8) is 0 Å². The van der Waals surface area contributed by atoms with Gasteiger partial charge in [0.15, 0.2) is 0 Å². The summed E-state index contributed by atoms with van der Waals surface area (Å²) in [6, 6.07) is 16.2. The van der Waals surface area contributed by atoms with E-state index < -0.39 is 5.54 Å². The molecule has 0 radical (unpaired) electrons. The summed E-state index contributed by atoms with van der Waals surface area (Å²) in [6.45, 7) is 2.03. The van der Waals surface area contributed by atoms with Gasteiger partial charge in [0.2, 0.25) is 0 Å². The average Bonchev–Trinajstić information content (AvgIpc) is 2.86. The molecular formula is C16H14ClNS. The van der Waals surface area contributed by atoms with Gasteiger partial charge in [0.1, 0.15) is 0 Å². The maximum Gasteiger partial charge on any atom is 0.0651 e. The van der Waals surface area contributed by atoms with E-state index in [1.807, 2.05) is 31.2 Å². The van der Waals surface area contributed by atoms with E-state index in [9.17, 15) is 0 Å². The van der Waals surface area contributed by atoms with Crippen LogP contribution in [0.1, 0.15) is 18.1 Å². The van der Waals surface area contributed by atoms with E-state index in [0.29, 0.717) is 5.02 Å². The third-order valence-corrected chi connectivity index (χ3v) is 4.66. The molecule has 96 valence electrons. The summed E-state index contributed by atoms with van der Waals surface area (Å²) in [4.78, 5) is 0. The molecule has 1 heterocycles. The van der Waals surface area contributed by atoms with Crippen molar-refractivity contribution in [1.82, 2.24) is 0 Å². The van der Waals surface area contributed by atoms with Gasteiger partial charge in [-0.15, -0.1) is 11.3 Å². The van der Waals surface area contributed by atoms with Crippen LogP contribution in [0, 0.1) is 0 Å². The SMILES string of the molecule is CC(N)(c1cccc(Cl)c1)c1cccc2ccsc12. The van der Waals surface area contributed by atoms with Crippen LogP contribution >= 0.6 is 22.9 Å². The van der Waals surface area contributed by atoms with Crippen molar-refractivity contribution >= 4 is 33.0 Å². The number of hydrogen-bond donors (Lipinski definition) is 1. The molecule has 1 atom stereocenters. The van der Waals surface area contributed by atoms with Crippen LogP contribution in [0.25, 0.3) is 10.1 Å². The van der Waals surface area contributed by atoms with Crippen LogP contribution in [-0.2, 0) is 5.54 Å². The topological polar surface area (TPSA) is 26.0 Å². The fourth-order valence-electron chi connectivity index (χ4n) is 2.37. The molecule has 0 aliphatic carbocycles. The van der Waals surface area contributed by atoms with E-state index in [-0.39, 0.29) is 0 Å². The summed E-state index contributed by atoms with van der Waals surface area (Å²) in [6.07, 6.45) is 0. The van der Waals surface area contributed by atoms with Crippen molar-refractivity contribution in [3.05, 3.63) is 70.1 Å². The van der Waals surface area contributed by atoms with Crippen molar-refractivity contribution in [2.75, 3.05) is 0 Å². The van der Waals surface area contributed by atoms with E-state index in [2.05, 4.69) is 29.6 Å². The van der Waals surface area contributed by atoms with Gasteiger partial charge >= 0.3 is 0 Å². The molecule has 3 aromatic rings. The molecule has 1 aromatic heterocycles. The Morgan fingerprint density at radius 3 is 2.68 bits per heavy atom. The number of rotatable bonds is 2. The number of fused-ring (bicyclic) bond motifs is 1. The highest BCUT2D eigenvalue weighted by molar-refractivity contribution is 7.17. The van der Waals surface area contributed by atoms with Gasteiger partial charge in [-0.3, -0.25) is 0 Å². The molecule has 1 unspecified atom stereocenters. The molecule has 0 amide bonds. The number of nitrogens with two attached hydrogens (primary N) is 1. The van der Waals surface area contributed by atoms with Crippen molar-refractivity contribution in [2.45, 2.75) is 12.5 Å². The van der Waals surface area contributed by atoms with Crippen molar-refractivity contribution in [3.8, 4) is 0 Å². The Labute approximate surface area is 121 Å². The van der Waals surface area contributed by atoms with E-state index >= 15 is 0 Å². The highest BCUT2D eigenvalue weighted by Crippen LogP contribution is 2.35. The van der Waals surface area contributed by atoms with Crippen LogP contribution in [0.5, 0.6) is 0 Å². The predicted molar refractivity (Wildman–Crippen MR) is 83.9 cm³/mol. The van der Waals surface area contributed by atoms with Gasteiger partial charge in [0, 0.05) is 9.72 Å². The lowest BCUT2D eigenvalue weighted by atomic mass is 9.85. The first-order chi connectivity index (χ1) is 9.09. The molecule has 0 aliphatic heterocycles. The zero-order valence-electron chi connectivity index (χ0n) is 10.6. The third-order valence-electron chi connectivity index (χ3n) is 3.46. The summed E-state index contributed by atoms with van der Waals surface area (Å²) in [5.41, 5.74) is 8.22. The van der Waals surface area contributed by atoms with E-state index in [1.54, 1.807) is 11.3 Å². The Bertz CT molecular complexity index is 730. The summed E-state index contributed by atoms with van der Waals surface area (Å²) in [5.74, 6) is 0. The highest BCUT2D eigenvalue weighted by atomic mass is 35.5. The maximum absolute atomic E-state index is 6.60. The lowest BCUT2D eigenvalue weighted by Crippen LogP contribution is -2.34. The maximum atomic E-state index is 6.60. The smallest absolute Gasteiger partial charge is 0.0651 e. The van der Waals surface area contributed by atoms with Crippen molar-refractivity contribution in [2.24, 2.45) is 5.73 Å². The highest BCUT2D eigenvalue weighted by Gasteiger charge is 2.26. The van der Waals surface area contributed by atoms with Crippen LogP contribution < -0.4 is 5.73 Å². The van der Waals surface area contributed by atoms with Crippen molar-refractivity contribution in [1.29, 1.82) is 0 Å². The summed E-state index contributed by atoms with van der Waals surface area (Å²) in [7, 11) is 0. The van der Waals surface area contributed by atoms with Gasteiger partial charge in [-0.2, -0.15) is 0 Å². The molecular weight excluding hydrogens is 274 g/mol. The second kappa shape index (κ2) is 4.64. The first-order valence-electron chi connectivity index (χ1n) is 6.10. The van der Waals surface area contributed by atoms with Crippen LogP contribution in [0.3, 0.4) is 0 Å². The number of thiophene rings is 1. The van der Waals surface area contributed by atoms with E-state index in [0.717, 1.165) is 11.1 Å². The molecule has 0 aliphatic rings. The minimum absolute atomic E-state index is 0.546. The zero-order valence-corrected chi connectivity index (χ0v) is 12.1. The Kier molecular flexibility index (Phi) is 3.09. The molecule has 3 heteroatoms. The molecule has 0 spiro atoms. The Balaban J connectivity index is 2.21. The minimum atomic E-state index is -0.546. The van der Waals surface area contributed by atoms with Gasteiger partial charge in [0.25, 0.3) is 0 Å². The largest absolute Gasteiger partial charge is 0.318 e. The Hall–Kier alpha value is -1.35. The van der Waals surface area contributed by atoms with E-state index in [1.165, 1.54) is 10.1 Å². The minimum Gasteiger partial charge on any atom is -0.318 e. The summed E-state index contributed by atoms with van der Waals surface area (Å²) >= 11 is 7.81. The lowest BCUT2D eigenvalue weighted by molar-refractivity contribution is 0.609. The number of halogens is 1. The Morgan fingerprint density at radius 2 is 1.89 bits per heavy atom. The van der Waals surface area contributed by atoms with Gasteiger partial charge in [-0.1, -0.05) is 41.9 Å². The molecule has 0 bridgehead atoms. The van der Waals surface area contributed by atoms with Gasteiger partial charge < -0.3 is 5.73 Å². The zero-order chi connectivity index (χ0) is 13.5. The van der Waals surface area contributed by atoms with Crippen LogP contribution in [0.4, 0.5) is 0 Å². The normalized spacial score (nSPS) is 14.5. The third kappa shape index (κ3) is 2.16. The monoisotopic (exact) mass is 287 g/mol. The second-order valence-electron chi connectivity index (χ2n) is 4.86. The van der Waals surface area contributed by atoms with Gasteiger partial charge in [0.05, 0.1) is 5.54 Å². The van der Waals surface area contributed by atoms with Crippen LogP contribution in [-0.4, -0.2) is 0 Å². The first-order valence-corrected chi connectivity index (χ1v) is 7.36. The summed E-state index contributed by atoms with van der Waals surface area (Å²) in [5, 5.41) is 4.05. The summed E-state index contributed by atoms with van der Waals surface area (Å²) < 4.78 is 1.24. The van der Waals surface area contributed by atoms with Crippen LogP contribution in [0.15, 0.2) is 53.9 Å². The second-order valence-corrected chi connectivity index (χ2v) is 6.21. The standard InChI is InChI=1S/C16H14ClNS/c1-16(18,12-5-3-6-13(17)10-12)14-7-2-4-11-8-9-19-15(11)14/h2-10H,18H2,1H3. The predicted octanol–water partition coefficient (Wildman–Crippen LogP) is 4.78. The molecule has 0 saturated heterocycles. The first kappa shape index (κ1) is 12.7.